The molecule has 1 saturated heterocycles. The first kappa shape index (κ1) is 19.9. The van der Waals surface area contributed by atoms with Crippen LogP contribution in [0.15, 0.2) is 30.4 Å². The summed E-state index contributed by atoms with van der Waals surface area (Å²) in [6.07, 6.45) is 1.73. The van der Waals surface area contributed by atoms with Gasteiger partial charge in [0.15, 0.2) is 0 Å². The number of methoxy groups -OCH3 is 2. The highest BCUT2D eigenvalue weighted by molar-refractivity contribution is 5.92. The molecular weight excluding hydrogens is 366 g/mol. The highest BCUT2D eigenvalue weighted by atomic mass is 16.6. The first-order valence-electron chi connectivity index (χ1n) is 8.91. The average molecular weight is 389 g/mol. The molecule has 1 fully saturated rings. The Morgan fingerprint density at radius 3 is 2.64 bits per heavy atom. The third kappa shape index (κ3) is 3.24. The van der Waals surface area contributed by atoms with E-state index in [9.17, 15) is 14.4 Å². The van der Waals surface area contributed by atoms with Gasteiger partial charge in [-0.2, -0.15) is 0 Å². The lowest BCUT2D eigenvalue weighted by atomic mass is 9.61. The number of ether oxygens (including phenoxy) is 3. The number of rotatable bonds is 5. The number of aliphatic carboxylic acids is 1. The number of piperidine rings is 1. The number of carbonyl (C=O) groups is 3. The van der Waals surface area contributed by atoms with Gasteiger partial charge >= 0.3 is 17.9 Å². The van der Waals surface area contributed by atoms with Gasteiger partial charge in [0.05, 0.1) is 20.3 Å². The molecule has 1 aromatic carbocycles. The fourth-order valence-corrected chi connectivity index (χ4v) is 4.27. The number of hydrogen-bond acceptors (Lipinski definition) is 7. The number of carboxylic acid groups (broad SMARTS) is 1. The van der Waals surface area contributed by atoms with Gasteiger partial charge < -0.3 is 19.3 Å². The Labute approximate surface area is 162 Å². The Balaban J connectivity index is 2.12. The van der Waals surface area contributed by atoms with Crippen LogP contribution in [-0.4, -0.2) is 67.9 Å². The van der Waals surface area contributed by atoms with E-state index in [1.54, 1.807) is 13.2 Å². The molecule has 2 bridgehead atoms. The molecule has 1 N–H and O–H groups in total. The van der Waals surface area contributed by atoms with E-state index < -0.39 is 29.4 Å². The zero-order valence-electron chi connectivity index (χ0n) is 16.0. The topological polar surface area (TPSA) is 102 Å². The van der Waals surface area contributed by atoms with Gasteiger partial charge in [0.2, 0.25) is 0 Å². The van der Waals surface area contributed by atoms with E-state index in [1.165, 1.54) is 7.11 Å². The first-order valence-corrected chi connectivity index (χ1v) is 8.91. The van der Waals surface area contributed by atoms with Gasteiger partial charge in [-0.15, -0.1) is 0 Å². The van der Waals surface area contributed by atoms with Gasteiger partial charge in [-0.3, -0.25) is 9.69 Å². The van der Waals surface area contributed by atoms with Crippen molar-refractivity contribution < 1.29 is 33.7 Å². The van der Waals surface area contributed by atoms with Crippen molar-refractivity contribution in [1.82, 2.24) is 4.90 Å². The molecule has 8 nitrogen and oxygen atoms in total. The number of likely N-dealkylation sites (tertiary alicyclic amines) is 1. The summed E-state index contributed by atoms with van der Waals surface area (Å²) in [5.74, 6) is -1.96. The van der Waals surface area contributed by atoms with Gasteiger partial charge in [-0.25, -0.2) is 9.59 Å². The van der Waals surface area contributed by atoms with Crippen molar-refractivity contribution in [2.45, 2.75) is 30.4 Å². The van der Waals surface area contributed by atoms with Gasteiger partial charge in [-0.1, -0.05) is 6.07 Å². The molecule has 2 aliphatic rings. The number of carboxylic acids is 1. The Morgan fingerprint density at radius 1 is 1.25 bits per heavy atom. The summed E-state index contributed by atoms with van der Waals surface area (Å²) in [4.78, 5) is 38.1. The van der Waals surface area contributed by atoms with Crippen LogP contribution in [0.2, 0.25) is 0 Å². The van der Waals surface area contributed by atoms with Crippen molar-refractivity contribution >= 4 is 17.9 Å². The SMILES string of the molecule is COC(=O)C12CCN(C)C(Cc3ccc(OC)cc31)[C@H]2OC(=O)/C=C/C(=O)O. The number of benzene rings is 1. The van der Waals surface area contributed by atoms with Crippen molar-refractivity contribution in [3.63, 3.8) is 0 Å². The predicted molar refractivity (Wildman–Crippen MR) is 98.1 cm³/mol. The third-order valence-electron chi connectivity index (χ3n) is 5.64. The molecule has 2 unspecified atom stereocenters. The molecule has 0 saturated carbocycles. The minimum atomic E-state index is -1.25. The van der Waals surface area contributed by atoms with Crippen LogP contribution in [0.25, 0.3) is 0 Å². The van der Waals surface area contributed by atoms with Crippen LogP contribution in [0.4, 0.5) is 0 Å². The second kappa shape index (κ2) is 7.63. The van der Waals surface area contributed by atoms with E-state index >= 15 is 0 Å². The summed E-state index contributed by atoms with van der Waals surface area (Å²) in [7, 11) is 4.76. The van der Waals surface area contributed by atoms with Gasteiger partial charge in [0, 0.05) is 12.2 Å². The van der Waals surface area contributed by atoms with E-state index in [0.29, 0.717) is 31.2 Å². The lowest BCUT2D eigenvalue weighted by molar-refractivity contribution is -0.173. The normalized spacial score (nSPS) is 26.4. The number of carbonyl (C=O) groups excluding carboxylic acids is 2. The second-order valence-electron chi connectivity index (χ2n) is 7.02. The van der Waals surface area contributed by atoms with Gasteiger partial charge in [-0.05, 0) is 49.7 Å². The van der Waals surface area contributed by atoms with E-state index in [4.69, 9.17) is 19.3 Å². The summed E-state index contributed by atoms with van der Waals surface area (Å²) in [6.45, 7) is 0.620. The smallest absolute Gasteiger partial charge is 0.331 e. The largest absolute Gasteiger partial charge is 0.497 e. The first-order chi connectivity index (χ1) is 13.3. The van der Waals surface area contributed by atoms with Crippen molar-refractivity contribution in [3.05, 3.63) is 41.5 Å². The van der Waals surface area contributed by atoms with Crippen molar-refractivity contribution in [2.75, 3.05) is 27.8 Å². The van der Waals surface area contributed by atoms with Crippen LogP contribution in [0.3, 0.4) is 0 Å². The monoisotopic (exact) mass is 389 g/mol. The summed E-state index contributed by atoms with van der Waals surface area (Å²) < 4.78 is 16.1. The predicted octanol–water partition coefficient (Wildman–Crippen LogP) is 0.919. The number of hydrogen-bond donors (Lipinski definition) is 1. The molecule has 0 radical (unpaired) electrons. The van der Waals surface area contributed by atoms with Crippen molar-refractivity contribution in [2.24, 2.45) is 0 Å². The maximum atomic E-state index is 13.0. The highest BCUT2D eigenvalue weighted by Gasteiger charge is 2.60. The van der Waals surface area contributed by atoms with Crippen LogP contribution in [0.5, 0.6) is 5.75 Å². The molecule has 8 heteroatoms. The molecule has 150 valence electrons. The van der Waals surface area contributed by atoms with Crippen LogP contribution in [0.1, 0.15) is 17.5 Å². The maximum absolute atomic E-state index is 13.0. The molecule has 1 aliphatic carbocycles. The van der Waals surface area contributed by atoms with E-state index in [1.807, 2.05) is 24.1 Å². The zero-order chi connectivity index (χ0) is 20.5. The van der Waals surface area contributed by atoms with Crippen LogP contribution in [-0.2, 0) is 35.7 Å². The van der Waals surface area contributed by atoms with E-state index in [0.717, 1.165) is 17.2 Å². The summed E-state index contributed by atoms with van der Waals surface area (Å²) in [5.41, 5.74) is 0.514. The van der Waals surface area contributed by atoms with E-state index in [-0.39, 0.29) is 6.04 Å². The van der Waals surface area contributed by atoms with Crippen molar-refractivity contribution in [1.29, 1.82) is 0 Å². The Kier molecular flexibility index (Phi) is 5.42. The molecule has 1 heterocycles. The molecule has 28 heavy (non-hydrogen) atoms. The lowest BCUT2D eigenvalue weighted by Crippen LogP contribution is -2.66. The van der Waals surface area contributed by atoms with Crippen LogP contribution in [0, 0.1) is 0 Å². The number of nitrogens with zero attached hydrogens (tertiary/aromatic N) is 1. The summed E-state index contributed by atoms with van der Waals surface area (Å²) in [5, 5.41) is 8.75. The minimum absolute atomic E-state index is 0.240. The zero-order valence-corrected chi connectivity index (χ0v) is 16.0. The standard InChI is InChI=1S/C20H23NO7/c1-21-9-8-20(19(25)27-3)14-11-13(26-2)5-4-12(14)10-15(21)18(20)28-17(24)7-6-16(22)23/h4-7,11,15,18H,8-10H2,1-3H3,(H,22,23)/b7-6+/t15?,18-,20?/m1/s1. The summed E-state index contributed by atoms with van der Waals surface area (Å²) in [6, 6.07) is 5.31. The van der Waals surface area contributed by atoms with Gasteiger partial charge in [0.25, 0.3) is 0 Å². The van der Waals surface area contributed by atoms with Crippen molar-refractivity contribution in [3.8, 4) is 5.75 Å². The van der Waals surface area contributed by atoms with E-state index in [2.05, 4.69) is 0 Å². The molecule has 0 amide bonds. The average Bonchev–Trinajstić information content (AvgIpc) is 2.68. The number of fused-ring (bicyclic) bond motifs is 4. The molecule has 3 rings (SSSR count). The molecule has 3 atom stereocenters. The molecule has 1 aromatic rings. The number of likely N-dealkylation sites (N-methyl/N-ethyl adjacent to an activating group) is 1. The lowest BCUT2D eigenvalue weighted by Gasteiger charge is -2.53. The third-order valence-corrected chi connectivity index (χ3v) is 5.64. The Hall–Kier alpha value is -2.87. The fourth-order valence-electron chi connectivity index (χ4n) is 4.27. The van der Waals surface area contributed by atoms with Crippen LogP contribution >= 0.6 is 0 Å². The molecule has 0 aromatic heterocycles. The molecule has 1 aliphatic heterocycles. The highest BCUT2D eigenvalue weighted by Crippen LogP contribution is 2.48. The molecular formula is C20H23NO7. The Bertz CT molecular complexity index is 834. The quantitative estimate of drug-likeness (QED) is 0.586. The maximum Gasteiger partial charge on any atom is 0.331 e. The molecule has 0 spiro atoms. The van der Waals surface area contributed by atoms with Gasteiger partial charge in [0.1, 0.15) is 17.3 Å². The second-order valence-corrected chi connectivity index (χ2v) is 7.02. The number of esters is 2. The minimum Gasteiger partial charge on any atom is -0.497 e. The summed E-state index contributed by atoms with van der Waals surface area (Å²) >= 11 is 0. The fraction of sp³-hybridized carbons (Fsp3) is 0.450. The van der Waals surface area contributed by atoms with Crippen LogP contribution < -0.4 is 4.74 Å². The Morgan fingerprint density at radius 2 is 2.00 bits per heavy atom.